The Hall–Kier alpha value is -2.45. The van der Waals surface area contributed by atoms with Crippen molar-refractivity contribution in [3.63, 3.8) is 0 Å². The van der Waals surface area contributed by atoms with Crippen molar-refractivity contribution < 1.29 is 23.9 Å². The Morgan fingerprint density at radius 3 is 2.19 bits per heavy atom. The third-order valence-electron chi connectivity index (χ3n) is 3.76. The number of primary amides is 1. The number of nitrogens with zero attached hydrogens (tertiary/aromatic N) is 1. The van der Waals surface area contributed by atoms with E-state index in [0.29, 0.717) is 13.1 Å². The number of nitrogens with two attached hydrogens (primary N) is 2. The van der Waals surface area contributed by atoms with E-state index in [0.717, 1.165) is 18.4 Å². The quantitative estimate of drug-likeness (QED) is 0.409. The highest BCUT2D eigenvalue weighted by molar-refractivity contribution is 5.86. The zero-order chi connectivity index (χ0) is 20.2. The second-order valence-corrected chi connectivity index (χ2v) is 6.18. The molecule has 150 valence electrons. The number of ether oxygens (including phenoxy) is 2. The minimum Gasteiger partial charge on any atom is -0.461 e. The lowest BCUT2D eigenvalue weighted by Gasteiger charge is -2.29. The summed E-state index contributed by atoms with van der Waals surface area (Å²) in [7, 11) is 0. The van der Waals surface area contributed by atoms with Gasteiger partial charge in [0.2, 0.25) is 6.23 Å². The molecule has 0 aliphatic carbocycles. The molecule has 1 amide bonds. The number of benzene rings is 1. The molecule has 0 aromatic heterocycles. The Labute approximate surface area is 159 Å². The Bertz CT molecular complexity index is 603. The molecule has 0 heterocycles. The van der Waals surface area contributed by atoms with Crippen molar-refractivity contribution in [2.24, 2.45) is 11.5 Å². The molecule has 0 aliphatic heterocycles. The van der Waals surface area contributed by atoms with Crippen LogP contribution in [0.2, 0.25) is 0 Å². The average Bonchev–Trinajstić information content (AvgIpc) is 2.64. The Kier molecular flexibility index (Phi) is 10.1. The van der Waals surface area contributed by atoms with E-state index >= 15 is 0 Å². The first-order chi connectivity index (χ1) is 12.9. The summed E-state index contributed by atoms with van der Waals surface area (Å²) in [6.07, 6.45) is -0.0271. The molecule has 0 fully saturated rings. The van der Waals surface area contributed by atoms with E-state index in [-0.39, 0.29) is 13.0 Å². The molecule has 1 aromatic rings. The third kappa shape index (κ3) is 8.19. The summed E-state index contributed by atoms with van der Waals surface area (Å²) in [5.41, 5.74) is 11.9. The molecule has 0 saturated carbocycles. The molecular formula is C19H29N3O5. The van der Waals surface area contributed by atoms with Crippen LogP contribution in [0.25, 0.3) is 0 Å². The van der Waals surface area contributed by atoms with Gasteiger partial charge in [-0.25, -0.2) is 0 Å². The van der Waals surface area contributed by atoms with Crippen LogP contribution in [-0.4, -0.2) is 48.1 Å². The molecule has 27 heavy (non-hydrogen) atoms. The minimum absolute atomic E-state index is 0.0894. The lowest BCUT2D eigenvalue weighted by molar-refractivity contribution is -0.169. The van der Waals surface area contributed by atoms with Crippen molar-refractivity contribution in [3.8, 4) is 0 Å². The summed E-state index contributed by atoms with van der Waals surface area (Å²) < 4.78 is 10.3. The van der Waals surface area contributed by atoms with Gasteiger partial charge in [0, 0.05) is 13.1 Å². The van der Waals surface area contributed by atoms with Crippen LogP contribution in [0, 0.1) is 0 Å². The minimum atomic E-state index is -1.24. The van der Waals surface area contributed by atoms with E-state index in [9.17, 15) is 14.4 Å². The molecule has 0 aliphatic rings. The van der Waals surface area contributed by atoms with Crippen LogP contribution in [0.3, 0.4) is 0 Å². The molecule has 0 spiro atoms. The monoisotopic (exact) mass is 379 g/mol. The number of hydrogen-bond acceptors (Lipinski definition) is 7. The second-order valence-electron chi connectivity index (χ2n) is 6.18. The van der Waals surface area contributed by atoms with Crippen molar-refractivity contribution in [3.05, 3.63) is 35.9 Å². The molecule has 2 unspecified atom stereocenters. The van der Waals surface area contributed by atoms with Crippen molar-refractivity contribution in [1.29, 1.82) is 0 Å². The van der Waals surface area contributed by atoms with Gasteiger partial charge in [0.1, 0.15) is 12.6 Å². The summed E-state index contributed by atoms with van der Waals surface area (Å²) in [4.78, 5) is 37.5. The van der Waals surface area contributed by atoms with Gasteiger partial charge in [-0.1, -0.05) is 44.2 Å². The Balaban J connectivity index is 2.56. The molecule has 2 atom stereocenters. The van der Waals surface area contributed by atoms with Gasteiger partial charge in [0.25, 0.3) is 5.91 Å². The largest absolute Gasteiger partial charge is 0.461 e. The smallest absolute Gasteiger partial charge is 0.325 e. The molecule has 0 bridgehead atoms. The average molecular weight is 379 g/mol. The van der Waals surface area contributed by atoms with Crippen molar-refractivity contribution in [2.75, 3.05) is 13.1 Å². The second kappa shape index (κ2) is 12.0. The predicted molar refractivity (Wildman–Crippen MR) is 100 cm³/mol. The lowest BCUT2D eigenvalue weighted by Crippen LogP contribution is -2.50. The topological polar surface area (TPSA) is 125 Å². The maximum Gasteiger partial charge on any atom is 0.325 e. The summed E-state index contributed by atoms with van der Waals surface area (Å²) in [6, 6.07) is 7.90. The first-order valence-electron chi connectivity index (χ1n) is 9.08. The summed E-state index contributed by atoms with van der Waals surface area (Å²) >= 11 is 0. The molecule has 8 nitrogen and oxygen atoms in total. The van der Waals surface area contributed by atoms with Crippen LogP contribution in [-0.2, 0) is 30.5 Å². The number of amides is 1. The van der Waals surface area contributed by atoms with Gasteiger partial charge in [0.05, 0.1) is 6.42 Å². The fraction of sp³-hybridized carbons (Fsp3) is 0.526. The van der Waals surface area contributed by atoms with E-state index in [1.165, 1.54) is 0 Å². The summed E-state index contributed by atoms with van der Waals surface area (Å²) in [5, 5.41) is 0. The van der Waals surface area contributed by atoms with Crippen molar-refractivity contribution in [2.45, 2.75) is 52.0 Å². The van der Waals surface area contributed by atoms with Gasteiger partial charge in [0.15, 0.2) is 0 Å². The number of esters is 2. The van der Waals surface area contributed by atoms with Crippen LogP contribution >= 0.6 is 0 Å². The Morgan fingerprint density at radius 1 is 1.07 bits per heavy atom. The molecule has 8 heteroatoms. The van der Waals surface area contributed by atoms with Gasteiger partial charge < -0.3 is 20.9 Å². The zero-order valence-corrected chi connectivity index (χ0v) is 15.9. The number of carbonyl (C=O) groups excluding carboxylic acids is 3. The van der Waals surface area contributed by atoms with E-state index in [1.54, 1.807) is 4.90 Å². The van der Waals surface area contributed by atoms with Crippen LogP contribution in [0.15, 0.2) is 30.3 Å². The van der Waals surface area contributed by atoms with Crippen molar-refractivity contribution in [1.82, 2.24) is 4.90 Å². The maximum absolute atomic E-state index is 12.2. The lowest BCUT2D eigenvalue weighted by atomic mass is 10.2. The first kappa shape index (κ1) is 22.6. The van der Waals surface area contributed by atoms with E-state index in [1.807, 2.05) is 44.2 Å². The fourth-order valence-corrected chi connectivity index (χ4v) is 2.49. The highest BCUT2D eigenvalue weighted by Gasteiger charge is 2.30. The van der Waals surface area contributed by atoms with Crippen molar-refractivity contribution >= 4 is 17.8 Å². The van der Waals surface area contributed by atoms with Crippen LogP contribution in [0.4, 0.5) is 0 Å². The van der Waals surface area contributed by atoms with Crippen LogP contribution in [0.1, 0.15) is 38.7 Å². The van der Waals surface area contributed by atoms with Crippen LogP contribution < -0.4 is 11.5 Å². The molecule has 0 radical (unpaired) electrons. The standard InChI is InChI=1S/C19H29N3O5/c1-3-10-22(11-4-2)18(17(21)24)27-19(25)15(20)12-16(23)26-13-14-8-6-5-7-9-14/h5-9,15,18H,3-4,10-13,20H2,1-2H3,(H2,21,24). The van der Waals surface area contributed by atoms with E-state index < -0.39 is 30.1 Å². The van der Waals surface area contributed by atoms with Gasteiger partial charge in [-0.05, 0) is 18.4 Å². The first-order valence-corrected chi connectivity index (χ1v) is 9.08. The van der Waals surface area contributed by atoms with Crippen LogP contribution in [0.5, 0.6) is 0 Å². The molecule has 1 aromatic carbocycles. The predicted octanol–water partition coefficient (Wildman–Crippen LogP) is 0.924. The summed E-state index contributed by atoms with van der Waals surface area (Å²) in [6.45, 7) is 5.06. The number of carbonyl (C=O) groups is 3. The van der Waals surface area contributed by atoms with Gasteiger partial charge in [-0.15, -0.1) is 0 Å². The van der Waals surface area contributed by atoms with E-state index in [4.69, 9.17) is 20.9 Å². The number of rotatable bonds is 12. The van der Waals surface area contributed by atoms with Gasteiger partial charge >= 0.3 is 11.9 Å². The molecular weight excluding hydrogens is 350 g/mol. The van der Waals surface area contributed by atoms with Gasteiger partial charge in [-0.3, -0.25) is 19.3 Å². The molecule has 1 rings (SSSR count). The summed E-state index contributed by atoms with van der Waals surface area (Å²) in [5.74, 6) is -2.27. The third-order valence-corrected chi connectivity index (χ3v) is 3.76. The van der Waals surface area contributed by atoms with E-state index in [2.05, 4.69) is 0 Å². The maximum atomic E-state index is 12.2. The highest BCUT2D eigenvalue weighted by atomic mass is 16.6. The highest BCUT2D eigenvalue weighted by Crippen LogP contribution is 2.08. The SMILES string of the molecule is CCCN(CCC)C(OC(=O)C(N)CC(=O)OCc1ccccc1)C(N)=O. The van der Waals surface area contributed by atoms with Gasteiger partial charge in [-0.2, -0.15) is 0 Å². The number of hydrogen-bond donors (Lipinski definition) is 2. The normalized spacial score (nSPS) is 13.0. The molecule has 0 saturated heterocycles. The Morgan fingerprint density at radius 2 is 1.67 bits per heavy atom. The molecule has 4 N–H and O–H groups in total. The zero-order valence-electron chi connectivity index (χ0n) is 15.9. The fourth-order valence-electron chi connectivity index (χ4n) is 2.49.